The normalized spacial score (nSPS) is 8.50. The predicted octanol–water partition coefficient (Wildman–Crippen LogP) is -0.124. The highest BCUT2D eigenvalue weighted by Gasteiger charge is 1.83. The van der Waals surface area contributed by atoms with Crippen LogP contribution in [0, 0.1) is 0 Å². The number of rotatable bonds is 1. The molecule has 0 unspecified atom stereocenters. The second kappa shape index (κ2) is 2.30. The van der Waals surface area contributed by atoms with Crippen molar-refractivity contribution in [2.75, 3.05) is 0 Å². The molecule has 0 N–H and O–H groups in total. The van der Waals surface area contributed by atoms with Crippen molar-refractivity contribution in [2.45, 2.75) is 6.92 Å². The Balaban J connectivity index is 4.10. The molecular formula is C3H4N2O. The highest BCUT2D eigenvalue weighted by Crippen LogP contribution is 1.49. The van der Waals surface area contributed by atoms with Crippen LogP contribution in [0.2, 0.25) is 0 Å². The van der Waals surface area contributed by atoms with Crippen LogP contribution in [0.15, 0.2) is 0 Å². The molecule has 32 valence electrons. The van der Waals surface area contributed by atoms with Crippen LogP contribution in [0.25, 0.3) is 5.53 Å². The Kier molecular flexibility index (Phi) is 1.24. The summed E-state index contributed by atoms with van der Waals surface area (Å²) in [5, 5.41) is 0. The minimum Gasteiger partial charge on any atom is -0.361 e. The summed E-state index contributed by atoms with van der Waals surface area (Å²) in [7, 11) is 0. The molecule has 0 atom stereocenters. The van der Waals surface area contributed by atoms with E-state index in [0.29, 0.717) is 0 Å². The second-order valence-electron chi connectivity index (χ2n) is 0.768. The minimum atomic E-state index is -0.611. The molecule has 0 amide bonds. The van der Waals surface area contributed by atoms with Crippen LogP contribution in [-0.4, -0.2) is 16.8 Å². The van der Waals surface area contributed by atoms with Crippen LogP contribution in [0.3, 0.4) is 0 Å². The maximum Gasteiger partial charge on any atom is 0.322 e. The smallest absolute Gasteiger partial charge is 0.322 e. The fraction of sp³-hybridized carbons (Fsp3) is 0.333. The van der Waals surface area contributed by atoms with Crippen LogP contribution in [0.1, 0.15) is 8.29 Å². The third-order valence-electron chi connectivity index (χ3n) is 0.207. The minimum absolute atomic E-state index is 0.539. The van der Waals surface area contributed by atoms with Crippen molar-refractivity contribution >= 4 is 12.0 Å². The molecule has 6 heavy (non-hydrogen) atoms. The third kappa shape index (κ3) is 3.05. The van der Waals surface area contributed by atoms with Crippen molar-refractivity contribution in [1.82, 2.24) is 0 Å². The predicted molar refractivity (Wildman–Crippen MR) is 20.4 cm³/mol. The number of carbonyl (C=O) groups excluding carboxylic acids is 1. The van der Waals surface area contributed by atoms with Crippen LogP contribution >= 0.6 is 0 Å². The molecular weight excluding hydrogens is 80.0 g/mol. The van der Waals surface area contributed by atoms with E-state index in [1.807, 2.05) is 0 Å². The first-order valence-electron chi connectivity index (χ1n) is 1.88. The summed E-state index contributed by atoms with van der Waals surface area (Å²) in [4.78, 5) is 12.2. The maximum atomic E-state index is 9.90. The van der Waals surface area contributed by atoms with Gasteiger partial charge in [0.15, 0.2) is 1.37 Å². The Hall–Kier alpha value is -0.950. The van der Waals surface area contributed by atoms with E-state index >= 15 is 0 Å². The summed E-state index contributed by atoms with van der Waals surface area (Å²) >= 11 is 0. The van der Waals surface area contributed by atoms with E-state index in [4.69, 9.17) is 6.90 Å². The van der Waals surface area contributed by atoms with Gasteiger partial charge in [0.2, 0.25) is 5.78 Å². The molecule has 0 aromatic carbocycles. The SMILES string of the molecule is [2H]C(=[N+]=[N-])C(C)=O. The van der Waals surface area contributed by atoms with Gasteiger partial charge in [-0.15, -0.1) is 0 Å². The van der Waals surface area contributed by atoms with Crippen molar-refractivity contribution < 1.29 is 11.0 Å². The molecule has 0 bridgehead atoms. The molecule has 0 rings (SSSR count). The van der Waals surface area contributed by atoms with Gasteiger partial charge in [-0.2, -0.15) is 4.79 Å². The zero-order valence-corrected chi connectivity index (χ0v) is 3.30. The van der Waals surface area contributed by atoms with Crippen LogP contribution in [0.5, 0.6) is 0 Å². The molecule has 3 nitrogen and oxygen atoms in total. The largest absolute Gasteiger partial charge is 0.361 e. The zero-order valence-electron chi connectivity index (χ0n) is 4.30. The molecule has 0 aliphatic carbocycles. The zero-order chi connectivity index (χ0) is 5.86. The van der Waals surface area contributed by atoms with Crippen molar-refractivity contribution in [2.24, 2.45) is 0 Å². The monoisotopic (exact) mass is 85.0 g/mol. The Morgan fingerprint density at radius 3 is 2.83 bits per heavy atom. The Bertz CT molecular complexity index is 136. The topological polar surface area (TPSA) is 53.5 Å². The average molecular weight is 85.1 g/mol. The van der Waals surface area contributed by atoms with E-state index in [9.17, 15) is 4.79 Å². The summed E-state index contributed by atoms with van der Waals surface area (Å²) < 4.78 is 6.43. The van der Waals surface area contributed by atoms with E-state index in [-0.39, 0.29) is 0 Å². The van der Waals surface area contributed by atoms with E-state index < -0.39 is 12.0 Å². The van der Waals surface area contributed by atoms with Gasteiger partial charge in [-0.3, -0.25) is 4.79 Å². The van der Waals surface area contributed by atoms with Gasteiger partial charge in [-0.05, 0) is 0 Å². The van der Waals surface area contributed by atoms with E-state index in [1.54, 1.807) is 0 Å². The second-order valence-corrected chi connectivity index (χ2v) is 0.768. The first-order valence-corrected chi connectivity index (χ1v) is 1.38. The molecule has 0 spiro atoms. The fourth-order valence-corrected chi connectivity index (χ4v) is 0.0704. The first-order chi connectivity index (χ1) is 3.18. The lowest BCUT2D eigenvalue weighted by Gasteiger charge is -1.55. The van der Waals surface area contributed by atoms with Crippen molar-refractivity contribution in [3.8, 4) is 0 Å². The van der Waals surface area contributed by atoms with Crippen LogP contribution in [-0.2, 0) is 4.79 Å². The summed E-state index contributed by atoms with van der Waals surface area (Å²) in [5.74, 6) is -0.539. The standard InChI is InChI=1S/C3H4N2O/c1-3(6)2-5-4/h2H,1H3/i2D. The summed E-state index contributed by atoms with van der Waals surface area (Å²) in [6.07, 6.45) is -0.611. The molecule has 0 heterocycles. The first kappa shape index (κ1) is 3.25. The number of Topliss-reactive ketones (excluding diaryl/α,β-unsaturated/α-hetero) is 1. The lowest BCUT2D eigenvalue weighted by Crippen LogP contribution is -1.88. The Morgan fingerprint density at radius 2 is 2.83 bits per heavy atom. The van der Waals surface area contributed by atoms with E-state index in [1.165, 1.54) is 0 Å². The summed E-state index contributed by atoms with van der Waals surface area (Å²) in [6.45, 7) is 1.15. The van der Waals surface area contributed by atoms with E-state index in [2.05, 4.69) is 4.79 Å². The molecule has 0 saturated carbocycles. The Labute approximate surface area is 36.6 Å². The number of hydrogen-bond acceptors (Lipinski definition) is 1. The molecule has 0 aliphatic rings. The van der Waals surface area contributed by atoms with Gasteiger partial charge in [0.05, 0.1) is 0 Å². The van der Waals surface area contributed by atoms with Gasteiger partial charge in [0, 0.05) is 6.92 Å². The van der Waals surface area contributed by atoms with Gasteiger partial charge >= 0.3 is 6.19 Å². The lowest BCUT2D eigenvalue weighted by atomic mass is 10.5. The average Bonchev–Trinajstić information content (AvgIpc) is 1.65. The highest BCUT2D eigenvalue weighted by atomic mass is 16.1. The number of nitrogens with zero attached hydrogens (tertiary/aromatic N) is 2. The maximum absolute atomic E-state index is 9.90. The number of ketones is 1. The molecule has 3 heteroatoms. The van der Waals surface area contributed by atoms with Gasteiger partial charge in [-0.1, -0.05) is 0 Å². The Morgan fingerprint density at radius 1 is 2.33 bits per heavy atom. The third-order valence-corrected chi connectivity index (χ3v) is 0.207. The summed E-state index contributed by atoms with van der Waals surface area (Å²) in [6, 6.07) is 0. The fourth-order valence-electron chi connectivity index (χ4n) is 0.0704. The van der Waals surface area contributed by atoms with Crippen molar-refractivity contribution in [1.29, 1.82) is 0 Å². The molecule has 0 radical (unpaired) electrons. The van der Waals surface area contributed by atoms with Crippen molar-refractivity contribution in [3.63, 3.8) is 0 Å². The van der Waals surface area contributed by atoms with Crippen LogP contribution < -0.4 is 0 Å². The molecule has 0 aromatic heterocycles. The van der Waals surface area contributed by atoms with Gasteiger partial charge < -0.3 is 5.53 Å². The molecule has 0 fully saturated rings. The van der Waals surface area contributed by atoms with Crippen molar-refractivity contribution in [3.05, 3.63) is 5.53 Å². The molecule has 0 saturated heterocycles. The summed E-state index contributed by atoms with van der Waals surface area (Å²) in [5.41, 5.74) is 7.68. The highest BCUT2D eigenvalue weighted by molar-refractivity contribution is 6.23. The van der Waals surface area contributed by atoms with Gasteiger partial charge in [0.1, 0.15) is 0 Å². The number of carbonyl (C=O) groups is 1. The van der Waals surface area contributed by atoms with E-state index in [0.717, 1.165) is 6.92 Å². The lowest BCUT2D eigenvalue weighted by molar-refractivity contribution is -0.114. The van der Waals surface area contributed by atoms with Gasteiger partial charge in [0.25, 0.3) is 0 Å². The number of hydrogen-bond donors (Lipinski definition) is 0. The quantitative estimate of drug-likeness (QED) is 0.248. The van der Waals surface area contributed by atoms with Gasteiger partial charge in [-0.25, -0.2) is 0 Å². The van der Waals surface area contributed by atoms with Crippen LogP contribution in [0.4, 0.5) is 0 Å². The molecule has 0 aliphatic heterocycles. The molecule has 0 aromatic rings.